The number of aromatic nitrogens is 3. The van der Waals surface area contributed by atoms with Gasteiger partial charge in [-0.1, -0.05) is 36.4 Å². The molecule has 3 aliphatic rings. The standard InChI is InChI=1S/C37H48N8O5/c1-25(7-2-3-17-44-24-31(14-18-46)42-43-44)37(50)32-20-30(41-35(48)28-10-6-16-39-22-28)12-13-33(32)45(36(37)49)23-26-8-4-11-29(19-26)40-34(47)27-9-5-15-38-21-27/h2,4,7-8,11-13,19-20,24-25,27-28,38-39,46,50H,3,5-6,9-10,14-18,21-23H2,1H3,(H,40,47)(H,41,48)/b7-2+/t25-,27?,28?,37+/m1/s1. The molecule has 3 amide bonds. The molecule has 4 heterocycles. The van der Waals surface area contributed by atoms with Crippen LogP contribution in [0.15, 0.2) is 60.8 Å². The molecule has 13 nitrogen and oxygen atoms in total. The zero-order valence-electron chi connectivity index (χ0n) is 28.6. The van der Waals surface area contributed by atoms with Gasteiger partial charge in [0, 0.05) is 61.7 Å². The van der Waals surface area contributed by atoms with E-state index in [0.717, 1.165) is 44.3 Å². The summed E-state index contributed by atoms with van der Waals surface area (Å²) >= 11 is 0. The number of benzene rings is 2. The van der Waals surface area contributed by atoms with Gasteiger partial charge in [-0.3, -0.25) is 19.1 Å². The molecule has 6 rings (SSSR count). The Morgan fingerprint density at radius 3 is 2.40 bits per heavy atom. The Morgan fingerprint density at radius 2 is 1.74 bits per heavy atom. The van der Waals surface area contributed by atoms with Gasteiger partial charge in [-0.15, -0.1) is 5.10 Å². The molecule has 0 radical (unpaired) electrons. The lowest BCUT2D eigenvalue weighted by atomic mass is 9.82. The van der Waals surface area contributed by atoms with Crippen molar-refractivity contribution in [1.29, 1.82) is 0 Å². The van der Waals surface area contributed by atoms with Crippen LogP contribution in [0.5, 0.6) is 0 Å². The molecule has 0 bridgehead atoms. The average Bonchev–Trinajstić information content (AvgIpc) is 3.67. The minimum absolute atomic E-state index is 0.00470. The minimum atomic E-state index is -1.89. The lowest BCUT2D eigenvalue weighted by Crippen LogP contribution is -2.44. The average molecular weight is 685 g/mol. The van der Waals surface area contributed by atoms with E-state index in [2.05, 4.69) is 31.6 Å². The Bertz CT molecular complexity index is 1700. The van der Waals surface area contributed by atoms with Gasteiger partial charge in [0.05, 0.1) is 29.8 Å². The number of aryl methyl sites for hydroxylation is 1. The van der Waals surface area contributed by atoms with Gasteiger partial charge in [0.25, 0.3) is 5.91 Å². The van der Waals surface area contributed by atoms with Gasteiger partial charge in [-0.2, -0.15) is 0 Å². The summed E-state index contributed by atoms with van der Waals surface area (Å²) in [6, 6.07) is 12.7. The first kappa shape index (κ1) is 35.4. The number of aliphatic hydroxyl groups is 2. The second-order valence-corrected chi connectivity index (χ2v) is 13.6. The van der Waals surface area contributed by atoms with Crippen molar-refractivity contribution in [3.05, 3.63) is 77.6 Å². The van der Waals surface area contributed by atoms with Crippen LogP contribution in [0, 0.1) is 17.8 Å². The normalized spacial score (nSPS) is 22.8. The summed E-state index contributed by atoms with van der Waals surface area (Å²) in [5.41, 5.74) is 1.80. The molecule has 50 heavy (non-hydrogen) atoms. The van der Waals surface area contributed by atoms with Gasteiger partial charge >= 0.3 is 0 Å². The molecule has 3 aromatic rings. The van der Waals surface area contributed by atoms with Crippen molar-refractivity contribution in [3.8, 4) is 0 Å². The fourth-order valence-electron chi connectivity index (χ4n) is 7.08. The Kier molecular flexibility index (Phi) is 11.4. The van der Waals surface area contributed by atoms with Crippen LogP contribution in [0.4, 0.5) is 17.1 Å². The summed E-state index contributed by atoms with van der Waals surface area (Å²) in [6.07, 6.45) is 10.1. The number of fused-ring (bicyclic) bond motifs is 1. The third-order valence-electron chi connectivity index (χ3n) is 9.97. The van der Waals surface area contributed by atoms with Crippen molar-refractivity contribution >= 4 is 34.8 Å². The Labute approximate surface area is 292 Å². The number of carbonyl (C=O) groups is 3. The fourth-order valence-corrected chi connectivity index (χ4v) is 7.08. The van der Waals surface area contributed by atoms with Gasteiger partial charge in [0.1, 0.15) is 0 Å². The summed E-state index contributed by atoms with van der Waals surface area (Å²) in [4.78, 5) is 41.9. The van der Waals surface area contributed by atoms with Crippen LogP contribution in [-0.4, -0.2) is 75.7 Å². The molecule has 6 N–H and O–H groups in total. The molecule has 2 aromatic carbocycles. The number of amides is 3. The molecule has 0 saturated carbocycles. The largest absolute Gasteiger partial charge is 0.396 e. The highest BCUT2D eigenvalue weighted by atomic mass is 16.3. The fraction of sp³-hybridized carbons (Fsp3) is 0.486. The maximum Gasteiger partial charge on any atom is 0.264 e. The number of aliphatic hydroxyl groups excluding tert-OH is 1. The van der Waals surface area contributed by atoms with Crippen LogP contribution in [0.25, 0.3) is 0 Å². The predicted octanol–water partition coefficient (Wildman–Crippen LogP) is 2.71. The third kappa shape index (κ3) is 7.96. The monoisotopic (exact) mass is 684 g/mol. The molecule has 2 unspecified atom stereocenters. The van der Waals surface area contributed by atoms with Gasteiger partial charge in [0.15, 0.2) is 5.60 Å². The van der Waals surface area contributed by atoms with E-state index in [0.29, 0.717) is 60.8 Å². The molecule has 2 fully saturated rings. The number of hydrogen-bond donors (Lipinski definition) is 6. The van der Waals surface area contributed by atoms with E-state index in [-0.39, 0.29) is 36.8 Å². The second-order valence-electron chi connectivity index (χ2n) is 13.6. The molecule has 4 atom stereocenters. The topological polar surface area (TPSA) is 174 Å². The number of allylic oxidation sites excluding steroid dienone is 1. The number of anilines is 3. The highest BCUT2D eigenvalue weighted by molar-refractivity contribution is 6.08. The van der Waals surface area contributed by atoms with Crippen molar-refractivity contribution in [3.63, 3.8) is 0 Å². The molecule has 1 aromatic heterocycles. The molecular weight excluding hydrogens is 636 g/mol. The molecule has 266 valence electrons. The molecule has 0 aliphatic carbocycles. The zero-order valence-corrected chi connectivity index (χ0v) is 28.6. The van der Waals surface area contributed by atoms with E-state index in [1.54, 1.807) is 34.0 Å². The number of nitrogens with zero attached hydrogens (tertiary/aromatic N) is 4. The van der Waals surface area contributed by atoms with Gasteiger partial charge in [-0.25, -0.2) is 0 Å². The minimum Gasteiger partial charge on any atom is -0.396 e. The van der Waals surface area contributed by atoms with Crippen LogP contribution in [0.2, 0.25) is 0 Å². The molecule has 3 aliphatic heterocycles. The van der Waals surface area contributed by atoms with Crippen LogP contribution >= 0.6 is 0 Å². The first-order valence-electron chi connectivity index (χ1n) is 17.7. The smallest absolute Gasteiger partial charge is 0.264 e. The van der Waals surface area contributed by atoms with Crippen molar-refractivity contribution in [2.45, 2.75) is 64.1 Å². The lowest BCUT2D eigenvalue weighted by molar-refractivity contribution is -0.139. The van der Waals surface area contributed by atoms with E-state index in [4.69, 9.17) is 5.11 Å². The summed E-state index contributed by atoms with van der Waals surface area (Å²) < 4.78 is 1.70. The number of piperidine rings is 2. The van der Waals surface area contributed by atoms with Crippen molar-refractivity contribution in [2.75, 3.05) is 48.3 Å². The Morgan fingerprint density at radius 1 is 1.04 bits per heavy atom. The van der Waals surface area contributed by atoms with Crippen LogP contribution in [-0.2, 0) is 39.5 Å². The number of rotatable bonds is 13. The zero-order chi connectivity index (χ0) is 35.1. The highest BCUT2D eigenvalue weighted by Gasteiger charge is 2.52. The van der Waals surface area contributed by atoms with E-state index in [1.807, 2.05) is 43.3 Å². The van der Waals surface area contributed by atoms with Crippen molar-refractivity contribution in [1.82, 2.24) is 25.6 Å². The molecular formula is C37H48N8O5. The van der Waals surface area contributed by atoms with Crippen LogP contribution < -0.4 is 26.2 Å². The van der Waals surface area contributed by atoms with Crippen molar-refractivity contribution in [2.24, 2.45) is 17.8 Å². The van der Waals surface area contributed by atoms with Gasteiger partial charge in [-0.05, 0) is 81.1 Å². The van der Waals surface area contributed by atoms with Crippen molar-refractivity contribution < 1.29 is 24.6 Å². The Hall–Kier alpha value is -4.43. The van der Waals surface area contributed by atoms with E-state index < -0.39 is 17.4 Å². The van der Waals surface area contributed by atoms with Crippen LogP contribution in [0.1, 0.15) is 55.8 Å². The number of carbonyl (C=O) groups excluding carboxylic acids is 3. The predicted molar refractivity (Wildman–Crippen MR) is 190 cm³/mol. The third-order valence-corrected chi connectivity index (χ3v) is 9.97. The molecule has 2 saturated heterocycles. The molecule has 0 spiro atoms. The molecule has 13 heteroatoms. The number of nitrogens with one attached hydrogen (secondary N) is 4. The lowest BCUT2D eigenvalue weighted by Gasteiger charge is -2.28. The van der Waals surface area contributed by atoms with Crippen LogP contribution in [0.3, 0.4) is 0 Å². The summed E-state index contributed by atoms with van der Waals surface area (Å²) in [5.74, 6) is -1.43. The SMILES string of the molecule is C[C@H](/C=C/CCn1cc(CCO)nn1)[C@@]1(O)C(=O)N(Cc2cccc(NC(=O)C3CCCNC3)c2)c2ccc(NC(=O)C3CCCNC3)cc21. The summed E-state index contributed by atoms with van der Waals surface area (Å²) in [7, 11) is 0. The summed E-state index contributed by atoms with van der Waals surface area (Å²) in [6.45, 7) is 5.64. The maximum atomic E-state index is 14.3. The van der Waals surface area contributed by atoms with E-state index in [9.17, 15) is 19.5 Å². The van der Waals surface area contributed by atoms with Gasteiger partial charge < -0.3 is 36.4 Å². The quantitative estimate of drug-likeness (QED) is 0.148. The maximum absolute atomic E-state index is 14.3. The van der Waals surface area contributed by atoms with Gasteiger partial charge in [0.2, 0.25) is 11.8 Å². The Balaban J connectivity index is 1.22. The number of hydrogen-bond acceptors (Lipinski definition) is 9. The first-order valence-corrected chi connectivity index (χ1v) is 17.7. The highest BCUT2D eigenvalue weighted by Crippen LogP contribution is 2.47. The second kappa shape index (κ2) is 16.1. The summed E-state index contributed by atoms with van der Waals surface area (Å²) in [5, 5.41) is 42.3. The first-order chi connectivity index (χ1) is 24.3. The van der Waals surface area contributed by atoms with E-state index >= 15 is 0 Å². The van der Waals surface area contributed by atoms with E-state index in [1.165, 1.54) is 0 Å².